The average Bonchev–Trinajstić information content (AvgIpc) is 2.64. The highest BCUT2D eigenvalue weighted by Gasteiger charge is 2.04. The van der Waals surface area contributed by atoms with E-state index < -0.39 is 0 Å². The molecular weight excluding hydrogens is 224 g/mol. The van der Waals surface area contributed by atoms with Crippen LogP contribution in [0.1, 0.15) is 6.92 Å². The van der Waals surface area contributed by atoms with Gasteiger partial charge >= 0.3 is 5.97 Å². The number of nitrogen functional groups attached to an aromatic ring is 1. The molecule has 1 aromatic heterocycles. The Morgan fingerprint density at radius 1 is 1.50 bits per heavy atom. The number of hydrogen-bond donors (Lipinski definition) is 1. The Morgan fingerprint density at radius 2 is 2.31 bits per heavy atom. The number of hydrogen-bond acceptors (Lipinski definition) is 5. The van der Waals surface area contributed by atoms with Crippen molar-refractivity contribution < 1.29 is 9.53 Å². The first-order valence-corrected chi connectivity index (χ1v) is 5.53. The molecule has 0 saturated carbocycles. The minimum Gasteiger partial charge on any atom is -0.427 e. The Kier molecular flexibility index (Phi) is 2.87. The lowest BCUT2D eigenvalue weighted by atomic mass is 10.2. The van der Waals surface area contributed by atoms with Crippen molar-refractivity contribution in [2.24, 2.45) is 0 Å². The Hall–Kier alpha value is -1.88. The lowest BCUT2D eigenvalue weighted by molar-refractivity contribution is -0.131. The highest BCUT2D eigenvalue weighted by atomic mass is 32.1. The Morgan fingerprint density at radius 3 is 2.94 bits per heavy atom. The van der Waals surface area contributed by atoms with Gasteiger partial charge in [-0.05, 0) is 12.1 Å². The Balaban J connectivity index is 2.32. The normalized spacial score (nSPS) is 10.1. The summed E-state index contributed by atoms with van der Waals surface area (Å²) in [5.41, 5.74) is 7.23. The summed E-state index contributed by atoms with van der Waals surface area (Å²) in [5, 5.41) is 2.38. The van der Waals surface area contributed by atoms with Crippen LogP contribution in [-0.2, 0) is 4.79 Å². The number of carbonyl (C=O) groups excluding carboxylic acids is 1. The SMILES string of the molecule is CC(=O)Oc1cccc(-c2csc(N)n2)c1. The van der Waals surface area contributed by atoms with Crippen LogP contribution in [0.3, 0.4) is 0 Å². The lowest BCUT2D eigenvalue weighted by Gasteiger charge is -2.02. The molecule has 0 unspecified atom stereocenters. The van der Waals surface area contributed by atoms with Gasteiger partial charge in [-0.1, -0.05) is 12.1 Å². The standard InChI is InChI=1S/C11H10N2O2S/c1-7(14)15-9-4-2-3-8(5-9)10-6-16-11(12)13-10/h2-6H,1H3,(H2,12,13). The highest BCUT2D eigenvalue weighted by molar-refractivity contribution is 7.13. The number of nitrogens with zero attached hydrogens (tertiary/aromatic N) is 1. The van der Waals surface area contributed by atoms with E-state index in [-0.39, 0.29) is 5.97 Å². The molecule has 5 heteroatoms. The first-order valence-electron chi connectivity index (χ1n) is 4.65. The van der Waals surface area contributed by atoms with E-state index in [0.717, 1.165) is 11.3 Å². The van der Waals surface area contributed by atoms with Crippen molar-refractivity contribution in [3.63, 3.8) is 0 Å². The van der Waals surface area contributed by atoms with E-state index in [2.05, 4.69) is 4.98 Å². The molecule has 0 fully saturated rings. The van der Waals surface area contributed by atoms with E-state index in [1.807, 2.05) is 17.5 Å². The number of ether oxygens (including phenoxy) is 1. The predicted octanol–water partition coefficient (Wildman–Crippen LogP) is 2.32. The maximum absolute atomic E-state index is 10.8. The van der Waals surface area contributed by atoms with Gasteiger partial charge in [0.15, 0.2) is 5.13 Å². The summed E-state index contributed by atoms with van der Waals surface area (Å²) in [4.78, 5) is 15.0. The smallest absolute Gasteiger partial charge is 0.308 e. The van der Waals surface area contributed by atoms with Crippen LogP contribution >= 0.6 is 11.3 Å². The van der Waals surface area contributed by atoms with Gasteiger partial charge in [-0.3, -0.25) is 4.79 Å². The van der Waals surface area contributed by atoms with Crippen LogP contribution in [0.4, 0.5) is 5.13 Å². The molecule has 2 N–H and O–H groups in total. The number of anilines is 1. The first-order chi connectivity index (χ1) is 7.65. The maximum Gasteiger partial charge on any atom is 0.308 e. The van der Waals surface area contributed by atoms with Gasteiger partial charge in [0, 0.05) is 17.9 Å². The summed E-state index contributed by atoms with van der Waals surface area (Å²) in [6.07, 6.45) is 0. The van der Waals surface area contributed by atoms with Gasteiger partial charge in [0.2, 0.25) is 0 Å². The third-order valence-electron chi connectivity index (χ3n) is 1.91. The first kappa shape index (κ1) is 10.6. The Labute approximate surface area is 96.7 Å². The zero-order valence-corrected chi connectivity index (χ0v) is 9.45. The number of benzene rings is 1. The van der Waals surface area contributed by atoms with Crippen molar-refractivity contribution in [1.29, 1.82) is 0 Å². The van der Waals surface area contributed by atoms with Crippen LogP contribution in [0.2, 0.25) is 0 Å². The largest absolute Gasteiger partial charge is 0.427 e. The molecule has 82 valence electrons. The van der Waals surface area contributed by atoms with Gasteiger partial charge in [-0.25, -0.2) is 4.98 Å². The molecule has 0 aliphatic carbocycles. The minimum absolute atomic E-state index is 0.338. The van der Waals surface area contributed by atoms with E-state index in [9.17, 15) is 4.79 Å². The molecule has 4 nitrogen and oxygen atoms in total. The van der Waals surface area contributed by atoms with Crippen LogP contribution in [0.5, 0.6) is 5.75 Å². The average molecular weight is 234 g/mol. The molecule has 0 spiro atoms. The highest BCUT2D eigenvalue weighted by Crippen LogP contribution is 2.26. The molecule has 1 aromatic carbocycles. The van der Waals surface area contributed by atoms with E-state index in [1.54, 1.807) is 12.1 Å². The third-order valence-corrected chi connectivity index (χ3v) is 2.59. The number of esters is 1. The second kappa shape index (κ2) is 4.32. The van der Waals surface area contributed by atoms with Crippen molar-refractivity contribution in [3.8, 4) is 17.0 Å². The molecule has 1 heterocycles. The second-order valence-electron chi connectivity index (χ2n) is 3.19. The van der Waals surface area contributed by atoms with Gasteiger partial charge in [0.05, 0.1) is 5.69 Å². The second-order valence-corrected chi connectivity index (χ2v) is 4.08. The molecule has 0 bridgehead atoms. The van der Waals surface area contributed by atoms with Crippen LogP contribution in [0.15, 0.2) is 29.6 Å². The van der Waals surface area contributed by atoms with Crippen LogP contribution < -0.4 is 10.5 Å². The van der Waals surface area contributed by atoms with E-state index in [1.165, 1.54) is 18.3 Å². The third kappa shape index (κ3) is 2.38. The fourth-order valence-corrected chi connectivity index (χ4v) is 1.88. The minimum atomic E-state index is -0.338. The fraction of sp³-hybridized carbons (Fsp3) is 0.0909. The monoisotopic (exact) mass is 234 g/mol. The fourth-order valence-electron chi connectivity index (χ4n) is 1.31. The molecule has 0 atom stereocenters. The van der Waals surface area contributed by atoms with Crippen LogP contribution in [0, 0.1) is 0 Å². The molecule has 0 amide bonds. The van der Waals surface area contributed by atoms with Gasteiger partial charge in [0.25, 0.3) is 0 Å². The van der Waals surface area contributed by atoms with Crippen LogP contribution in [-0.4, -0.2) is 11.0 Å². The van der Waals surface area contributed by atoms with E-state index >= 15 is 0 Å². The number of aromatic nitrogens is 1. The summed E-state index contributed by atoms with van der Waals surface area (Å²) in [7, 11) is 0. The number of thiazole rings is 1. The quantitative estimate of drug-likeness (QED) is 0.639. The molecule has 2 rings (SSSR count). The molecule has 0 saturated heterocycles. The van der Waals surface area contributed by atoms with Gasteiger partial charge < -0.3 is 10.5 Å². The lowest BCUT2D eigenvalue weighted by Crippen LogP contribution is -2.01. The van der Waals surface area contributed by atoms with Crippen LogP contribution in [0.25, 0.3) is 11.3 Å². The number of carbonyl (C=O) groups is 1. The summed E-state index contributed by atoms with van der Waals surface area (Å²) < 4.78 is 4.99. The van der Waals surface area contributed by atoms with E-state index in [4.69, 9.17) is 10.5 Å². The summed E-state index contributed by atoms with van der Waals surface area (Å²) in [6, 6.07) is 7.18. The summed E-state index contributed by atoms with van der Waals surface area (Å²) >= 11 is 1.38. The zero-order valence-electron chi connectivity index (χ0n) is 8.64. The Bertz CT molecular complexity index is 522. The molecule has 0 aliphatic rings. The molecule has 0 radical (unpaired) electrons. The predicted molar refractivity (Wildman–Crippen MR) is 63.3 cm³/mol. The molecule has 0 aliphatic heterocycles. The topological polar surface area (TPSA) is 65.2 Å². The molecular formula is C11H10N2O2S. The maximum atomic E-state index is 10.8. The van der Waals surface area contributed by atoms with Crippen molar-refractivity contribution >= 4 is 22.4 Å². The van der Waals surface area contributed by atoms with Gasteiger partial charge in [-0.2, -0.15) is 0 Å². The van der Waals surface area contributed by atoms with Gasteiger partial charge in [0.1, 0.15) is 5.75 Å². The summed E-state index contributed by atoms with van der Waals surface area (Å²) in [6.45, 7) is 1.37. The number of nitrogens with two attached hydrogens (primary N) is 1. The molecule has 16 heavy (non-hydrogen) atoms. The zero-order chi connectivity index (χ0) is 11.5. The van der Waals surface area contributed by atoms with Crippen molar-refractivity contribution in [3.05, 3.63) is 29.6 Å². The van der Waals surface area contributed by atoms with Gasteiger partial charge in [-0.15, -0.1) is 11.3 Å². The van der Waals surface area contributed by atoms with Crippen molar-refractivity contribution in [2.45, 2.75) is 6.92 Å². The summed E-state index contributed by atoms with van der Waals surface area (Å²) in [5.74, 6) is 0.173. The molecule has 2 aromatic rings. The van der Waals surface area contributed by atoms with Crippen molar-refractivity contribution in [2.75, 3.05) is 5.73 Å². The number of rotatable bonds is 2. The van der Waals surface area contributed by atoms with Crippen molar-refractivity contribution in [1.82, 2.24) is 4.98 Å². The van der Waals surface area contributed by atoms with E-state index in [0.29, 0.717) is 10.9 Å².